The Hall–Kier alpha value is -2.49. The van der Waals surface area contributed by atoms with Crippen LogP contribution < -0.4 is 0 Å². The van der Waals surface area contributed by atoms with E-state index < -0.39 is 0 Å². The fourth-order valence-corrected chi connectivity index (χ4v) is 2.15. The minimum Gasteiger partial charge on any atom is -0.272 e. The summed E-state index contributed by atoms with van der Waals surface area (Å²) in [4.78, 5) is 4.04. The Morgan fingerprint density at radius 3 is 2.35 bits per heavy atom. The molecule has 0 aliphatic carbocycles. The molecule has 0 unspecified atom stereocenters. The number of halogens is 1. The minimum absolute atomic E-state index is 0.242. The summed E-state index contributed by atoms with van der Waals surface area (Å²) in [5.41, 5.74) is 3.85. The lowest BCUT2D eigenvalue weighted by molar-refractivity contribution is 0.628. The molecule has 0 fully saturated rings. The SMILES string of the molecule is CCn1cc(-c2ccncc2)c(-c2ccc(F)cc2)n1. The molecule has 3 nitrogen and oxygen atoms in total. The predicted molar refractivity (Wildman–Crippen MR) is 76.5 cm³/mol. The number of rotatable bonds is 3. The maximum atomic E-state index is 13.1. The van der Waals surface area contributed by atoms with E-state index in [1.165, 1.54) is 12.1 Å². The first-order chi connectivity index (χ1) is 9.78. The molecule has 1 aromatic carbocycles. The molecule has 0 aliphatic heterocycles. The highest BCUT2D eigenvalue weighted by atomic mass is 19.1. The molecule has 3 aromatic rings. The second-order valence-electron chi connectivity index (χ2n) is 4.49. The van der Waals surface area contributed by atoms with Gasteiger partial charge in [0.15, 0.2) is 0 Å². The van der Waals surface area contributed by atoms with E-state index in [0.29, 0.717) is 0 Å². The van der Waals surface area contributed by atoms with Gasteiger partial charge in [0.05, 0.1) is 0 Å². The Morgan fingerprint density at radius 2 is 1.70 bits per heavy atom. The normalized spacial score (nSPS) is 10.7. The molecule has 0 saturated carbocycles. The summed E-state index contributed by atoms with van der Waals surface area (Å²) < 4.78 is 14.9. The van der Waals surface area contributed by atoms with Gasteiger partial charge >= 0.3 is 0 Å². The highest BCUT2D eigenvalue weighted by molar-refractivity contribution is 5.80. The van der Waals surface area contributed by atoms with Crippen molar-refractivity contribution in [2.45, 2.75) is 13.5 Å². The number of benzene rings is 1. The van der Waals surface area contributed by atoms with Crippen molar-refractivity contribution in [1.82, 2.24) is 14.8 Å². The van der Waals surface area contributed by atoms with E-state index in [4.69, 9.17) is 0 Å². The zero-order chi connectivity index (χ0) is 13.9. The van der Waals surface area contributed by atoms with Gasteiger partial charge in [-0.25, -0.2) is 4.39 Å². The fourth-order valence-electron chi connectivity index (χ4n) is 2.15. The van der Waals surface area contributed by atoms with Gasteiger partial charge in [0.25, 0.3) is 0 Å². The number of aryl methyl sites for hydroxylation is 1. The topological polar surface area (TPSA) is 30.7 Å². The fraction of sp³-hybridized carbons (Fsp3) is 0.125. The number of nitrogens with zero attached hydrogens (tertiary/aromatic N) is 3. The van der Waals surface area contributed by atoms with Gasteiger partial charge in [-0.05, 0) is 48.9 Å². The Balaban J connectivity index is 2.15. The number of hydrogen-bond acceptors (Lipinski definition) is 2. The van der Waals surface area contributed by atoms with Gasteiger partial charge in [-0.1, -0.05) is 0 Å². The van der Waals surface area contributed by atoms with Crippen molar-refractivity contribution in [2.75, 3.05) is 0 Å². The van der Waals surface area contributed by atoms with Crippen molar-refractivity contribution in [1.29, 1.82) is 0 Å². The molecule has 2 aromatic heterocycles. The third kappa shape index (κ3) is 2.32. The largest absolute Gasteiger partial charge is 0.272 e. The maximum absolute atomic E-state index is 13.1. The van der Waals surface area contributed by atoms with Crippen LogP contribution in [0.3, 0.4) is 0 Å². The highest BCUT2D eigenvalue weighted by Crippen LogP contribution is 2.30. The van der Waals surface area contributed by atoms with E-state index in [9.17, 15) is 4.39 Å². The van der Waals surface area contributed by atoms with Crippen molar-refractivity contribution in [3.63, 3.8) is 0 Å². The molecule has 4 heteroatoms. The summed E-state index contributed by atoms with van der Waals surface area (Å²) in [5.74, 6) is -0.242. The predicted octanol–water partition coefficient (Wildman–Crippen LogP) is 3.77. The monoisotopic (exact) mass is 267 g/mol. The average molecular weight is 267 g/mol. The van der Waals surface area contributed by atoms with E-state index >= 15 is 0 Å². The minimum atomic E-state index is -0.242. The van der Waals surface area contributed by atoms with Crippen LogP contribution in [0.5, 0.6) is 0 Å². The molecule has 100 valence electrons. The molecule has 0 atom stereocenters. The summed E-state index contributed by atoms with van der Waals surface area (Å²) in [7, 11) is 0. The molecule has 20 heavy (non-hydrogen) atoms. The van der Waals surface area contributed by atoms with Gasteiger partial charge in [0.1, 0.15) is 11.5 Å². The second kappa shape index (κ2) is 5.25. The van der Waals surface area contributed by atoms with Gasteiger partial charge in [-0.2, -0.15) is 5.10 Å². The van der Waals surface area contributed by atoms with Crippen molar-refractivity contribution < 1.29 is 4.39 Å². The number of pyridine rings is 1. The maximum Gasteiger partial charge on any atom is 0.123 e. The van der Waals surface area contributed by atoms with E-state index in [-0.39, 0.29) is 5.82 Å². The van der Waals surface area contributed by atoms with Crippen LogP contribution in [-0.2, 0) is 6.54 Å². The summed E-state index contributed by atoms with van der Waals surface area (Å²) in [6.07, 6.45) is 5.52. The smallest absolute Gasteiger partial charge is 0.123 e. The molecule has 0 amide bonds. The first kappa shape index (κ1) is 12.5. The molecule has 0 radical (unpaired) electrons. The zero-order valence-electron chi connectivity index (χ0n) is 11.1. The lowest BCUT2D eigenvalue weighted by atomic mass is 10.0. The molecule has 0 bridgehead atoms. The summed E-state index contributed by atoms with van der Waals surface area (Å²) in [5, 5.41) is 4.58. The van der Waals surface area contributed by atoms with Crippen molar-refractivity contribution in [3.8, 4) is 22.4 Å². The van der Waals surface area contributed by atoms with Crippen LogP contribution in [0.1, 0.15) is 6.92 Å². The van der Waals surface area contributed by atoms with Crippen LogP contribution in [0.15, 0.2) is 55.0 Å². The quantitative estimate of drug-likeness (QED) is 0.723. The number of aromatic nitrogens is 3. The van der Waals surface area contributed by atoms with Crippen molar-refractivity contribution in [3.05, 3.63) is 60.8 Å². The van der Waals surface area contributed by atoms with Gasteiger partial charge in [-0.3, -0.25) is 9.67 Å². The van der Waals surface area contributed by atoms with Crippen LogP contribution >= 0.6 is 0 Å². The summed E-state index contributed by atoms with van der Waals surface area (Å²) in [6, 6.07) is 10.3. The zero-order valence-corrected chi connectivity index (χ0v) is 11.1. The second-order valence-corrected chi connectivity index (χ2v) is 4.49. The van der Waals surface area contributed by atoms with Crippen LogP contribution in [0.25, 0.3) is 22.4 Å². The Bertz CT molecular complexity index is 702. The van der Waals surface area contributed by atoms with Gasteiger partial charge < -0.3 is 0 Å². The average Bonchev–Trinajstić information content (AvgIpc) is 2.93. The van der Waals surface area contributed by atoms with Crippen LogP contribution in [0.2, 0.25) is 0 Å². The third-order valence-corrected chi connectivity index (χ3v) is 3.19. The highest BCUT2D eigenvalue weighted by Gasteiger charge is 2.12. The van der Waals surface area contributed by atoms with Gasteiger partial charge in [0, 0.05) is 36.3 Å². The lowest BCUT2D eigenvalue weighted by Gasteiger charge is -2.02. The number of hydrogen-bond donors (Lipinski definition) is 0. The van der Waals surface area contributed by atoms with Crippen LogP contribution in [0, 0.1) is 5.82 Å². The summed E-state index contributed by atoms with van der Waals surface area (Å²) in [6.45, 7) is 2.83. The molecule has 0 saturated heterocycles. The first-order valence-corrected chi connectivity index (χ1v) is 6.51. The molecule has 0 spiro atoms. The van der Waals surface area contributed by atoms with Crippen LogP contribution in [0.4, 0.5) is 4.39 Å². The van der Waals surface area contributed by atoms with Crippen molar-refractivity contribution in [2.24, 2.45) is 0 Å². The van der Waals surface area contributed by atoms with E-state index in [2.05, 4.69) is 10.1 Å². The van der Waals surface area contributed by atoms with E-state index in [0.717, 1.165) is 28.9 Å². The summed E-state index contributed by atoms with van der Waals surface area (Å²) >= 11 is 0. The lowest BCUT2D eigenvalue weighted by Crippen LogP contribution is -1.93. The van der Waals surface area contributed by atoms with E-state index in [1.54, 1.807) is 24.5 Å². The molecular formula is C16H14FN3. The Kier molecular flexibility index (Phi) is 3.29. The van der Waals surface area contributed by atoms with Gasteiger partial charge in [0.2, 0.25) is 0 Å². The first-order valence-electron chi connectivity index (χ1n) is 6.51. The molecule has 2 heterocycles. The standard InChI is InChI=1S/C16H14FN3/c1-2-20-11-15(12-7-9-18-10-8-12)16(19-20)13-3-5-14(17)6-4-13/h3-11H,2H2,1H3. The van der Waals surface area contributed by atoms with E-state index in [1.807, 2.05) is 29.9 Å². The Morgan fingerprint density at radius 1 is 1.00 bits per heavy atom. The molecule has 3 rings (SSSR count). The van der Waals surface area contributed by atoms with Crippen LogP contribution in [-0.4, -0.2) is 14.8 Å². The molecule has 0 aliphatic rings. The molecule has 0 N–H and O–H groups in total. The molecular weight excluding hydrogens is 253 g/mol. The third-order valence-electron chi connectivity index (χ3n) is 3.19. The van der Waals surface area contributed by atoms with Crippen molar-refractivity contribution >= 4 is 0 Å². The Labute approximate surface area is 116 Å². The van der Waals surface area contributed by atoms with Gasteiger partial charge in [-0.15, -0.1) is 0 Å².